The van der Waals surface area contributed by atoms with E-state index >= 15 is 0 Å². The fourth-order valence-corrected chi connectivity index (χ4v) is 1.49. The van der Waals surface area contributed by atoms with E-state index < -0.39 is 0 Å². The molecular weight excluding hydrogens is 158 g/mol. The van der Waals surface area contributed by atoms with Crippen LogP contribution in [-0.2, 0) is 9.57 Å². The molecule has 1 rings (SSSR count). The molecule has 1 radical (unpaired) electrons. The summed E-state index contributed by atoms with van der Waals surface area (Å²) in [5, 5.41) is 0. The van der Waals surface area contributed by atoms with Gasteiger partial charge in [0.2, 0.25) is 0 Å². The van der Waals surface area contributed by atoms with Gasteiger partial charge in [-0.1, -0.05) is 13.0 Å². The number of hydroxylamine groups is 1. The van der Waals surface area contributed by atoms with Crippen LogP contribution in [0, 0.1) is 5.92 Å². The lowest BCUT2D eigenvalue weighted by Gasteiger charge is -2.43. The molecule has 0 bridgehead atoms. The highest BCUT2D eigenvalue weighted by atomic mass is 28.2. The number of hydrogen-bond acceptors (Lipinski definition) is 3. The van der Waals surface area contributed by atoms with E-state index in [4.69, 9.17) is 9.57 Å². The summed E-state index contributed by atoms with van der Waals surface area (Å²) >= 11 is 0. The third kappa shape index (κ3) is 1.54. The first-order chi connectivity index (χ1) is 5.09. The Morgan fingerprint density at radius 1 is 1.64 bits per heavy atom. The topological polar surface area (TPSA) is 21.7 Å². The van der Waals surface area contributed by atoms with Crippen LogP contribution in [0.2, 0.25) is 0 Å². The highest BCUT2D eigenvalue weighted by Crippen LogP contribution is 2.27. The van der Waals surface area contributed by atoms with E-state index in [9.17, 15) is 0 Å². The summed E-state index contributed by atoms with van der Waals surface area (Å²) in [5.41, 5.74) is 0.00926. The van der Waals surface area contributed by atoms with Gasteiger partial charge in [0.15, 0.2) is 0 Å². The zero-order valence-electron chi connectivity index (χ0n) is 7.20. The Morgan fingerprint density at radius 3 is 2.45 bits per heavy atom. The smallest absolute Gasteiger partial charge is 0.250 e. The van der Waals surface area contributed by atoms with Gasteiger partial charge in [-0.2, -0.15) is 4.99 Å². The molecule has 0 aliphatic carbocycles. The fraction of sp³-hybridized carbons (Fsp3) is 0.714. The molecule has 0 saturated carbocycles. The second-order valence-electron chi connectivity index (χ2n) is 3.28. The predicted octanol–water partition coefficient (Wildman–Crippen LogP) is 1.03. The molecule has 0 aromatic heterocycles. The van der Waals surface area contributed by atoms with Crippen LogP contribution in [0.15, 0.2) is 12.7 Å². The Hall–Kier alpha value is -0.163. The minimum Gasteiger partial charge on any atom is -0.250 e. The molecule has 1 aliphatic rings. The molecule has 3 nitrogen and oxygen atoms in total. The van der Waals surface area contributed by atoms with Crippen molar-refractivity contribution in [3.05, 3.63) is 12.7 Å². The second-order valence-corrected chi connectivity index (χ2v) is 4.15. The minimum absolute atomic E-state index is 0.00926. The van der Waals surface area contributed by atoms with Gasteiger partial charge in [0.05, 0.1) is 0 Å². The van der Waals surface area contributed by atoms with E-state index in [-0.39, 0.29) is 15.5 Å². The van der Waals surface area contributed by atoms with Gasteiger partial charge < -0.3 is 0 Å². The molecule has 4 heteroatoms. The van der Waals surface area contributed by atoms with Gasteiger partial charge in [0, 0.05) is 5.54 Å². The third-order valence-electron chi connectivity index (χ3n) is 2.30. The molecule has 1 aliphatic heterocycles. The number of nitrogens with zero attached hydrogens (tertiary/aromatic N) is 1. The van der Waals surface area contributed by atoms with E-state index in [1.54, 1.807) is 0 Å². The van der Waals surface area contributed by atoms with Crippen LogP contribution in [0.1, 0.15) is 20.8 Å². The van der Waals surface area contributed by atoms with Crippen molar-refractivity contribution < 1.29 is 9.57 Å². The maximum absolute atomic E-state index is 4.84. The highest BCUT2D eigenvalue weighted by Gasteiger charge is 2.38. The molecule has 0 aromatic rings. The molecular formula is C7H14NO2Si. The lowest BCUT2D eigenvalue weighted by molar-refractivity contribution is -0.433. The summed E-state index contributed by atoms with van der Waals surface area (Å²) in [6.45, 7) is 10.1. The van der Waals surface area contributed by atoms with Crippen molar-refractivity contribution in [2.75, 3.05) is 0 Å². The van der Waals surface area contributed by atoms with E-state index in [1.165, 1.54) is 0 Å². The maximum Gasteiger partial charge on any atom is 0.363 e. The SMILES string of the molecule is C=CC(C)C(C)(C)N1OO[SiH]1. The van der Waals surface area contributed by atoms with Gasteiger partial charge in [-0.15, -0.1) is 11.3 Å². The van der Waals surface area contributed by atoms with Crippen LogP contribution >= 0.6 is 0 Å². The van der Waals surface area contributed by atoms with Crippen molar-refractivity contribution in [2.45, 2.75) is 26.3 Å². The zero-order valence-corrected chi connectivity index (χ0v) is 8.36. The van der Waals surface area contributed by atoms with E-state index in [0.29, 0.717) is 5.92 Å². The average molecular weight is 172 g/mol. The molecule has 1 heterocycles. The van der Waals surface area contributed by atoms with Gasteiger partial charge in [-0.3, -0.25) is 4.58 Å². The van der Waals surface area contributed by atoms with Crippen LogP contribution in [0.3, 0.4) is 0 Å². The summed E-state index contributed by atoms with van der Waals surface area (Å²) < 4.78 is 6.58. The lowest BCUT2D eigenvalue weighted by Crippen LogP contribution is -2.56. The van der Waals surface area contributed by atoms with Gasteiger partial charge >= 0.3 is 9.92 Å². The summed E-state index contributed by atoms with van der Waals surface area (Å²) in [4.78, 5) is 4.84. The van der Waals surface area contributed by atoms with Crippen molar-refractivity contribution in [3.63, 3.8) is 0 Å². The molecule has 11 heavy (non-hydrogen) atoms. The second kappa shape index (κ2) is 3.06. The van der Waals surface area contributed by atoms with Crippen LogP contribution in [0.4, 0.5) is 0 Å². The zero-order chi connectivity index (χ0) is 8.48. The quantitative estimate of drug-likeness (QED) is 0.360. The third-order valence-corrected chi connectivity index (χ3v) is 3.41. The summed E-state index contributed by atoms with van der Waals surface area (Å²) in [5.74, 6) is 0.402. The minimum atomic E-state index is -0.126. The molecule has 0 aromatic carbocycles. The fourth-order valence-electron chi connectivity index (χ4n) is 0.807. The predicted molar refractivity (Wildman–Crippen MR) is 44.6 cm³/mol. The first-order valence-electron chi connectivity index (χ1n) is 3.67. The molecule has 0 spiro atoms. The number of rotatable bonds is 3. The lowest BCUT2D eigenvalue weighted by atomic mass is 9.90. The Balaban J connectivity index is 2.55. The first-order valence-corrected chi connectivity index (χ1v) is 4.66. The molecule has 1 saturated heterocycles. The normalized spacial score (nSPS) is 22.5. The van der Waals surface area contributed by atoms with Gasteiger partial charge in [-0.25, -0.2) is 0 Å². The van der Waals surface area contributed by atoms with E-state index in [2.05, 4.69) is 27.4 Å². The summed E-state index contributed by atoms with van der Waals surface area (Å²) in [6, 6.07) is 0. The number of hydrogen-bond donors (Lipinski definition) is 0. The Kier molecular flexibility index (Phi) is 2.49. The average Bonchev–Trinajstić information content (AvgIpc) is 1.81. The Labute approximate surface area is 69.9 Å². The molecule has 1 fully saturated rings. The molecule has 1 atom stereocenters. The largest absolute Gasteiger partial charge is 0.363 e. The van der Waals surface area contributed by atoms with Crippen LogP contribution < -0.4 is 0 Å². The molecule has 0 N–H and O–H groups in total. The van der Waals surface area contributed by atoms with Crippen molar-refractivity contribution in [2.24, 2.45) is 5.92 Å². The van der Waals surface area contributed by atoms with Crippen LogP contribution in [0.25, 0.3) is 0 Å². The summed E-state index contributed by atoms with van der Waals surface area (Å²) in [6.07, 6.45) is 1.93. The van der Waals surface area contributed by atoms with Crippen molar-refractivity contribution >= 4 is 9.92 Å². The van der Waals surface area contributed by atoms with Crippen LogP contribution in [0.5, 0.6) is 0 Å². The maximum atomic E-state index is 4.84. The first kappa shape index (κ1) is 8.93. The van der Waals surface area contributed by atoms with Crippen molar-refractivity contribution in [1.29, 1.82) is 0 Å². The molecule has 63 valence electrons. The summed E-state index contributed by atoms with van der Waals surface area (Å²) in [7, 11) is -0.126. The van der Waals surface area contributed by atoms with Gasteiger partial charge in [0.25, 0.3) is 0 Å². The monoisotopic (exact) mass is 172 g/mol. The Morgan fingerprint density at radius 2 is 2.18 bits per heavy atom. The van der Waals surface area contributed by atoms with E-state index in [0.717, 1.165) is 0 Å². The van der Waals surface area contributed by atoms with Gasteiger partial charge in [-0.05, 0) is 19.8 Å². The van der Waals surface area contributed by atoms with Crippen LogP contribution in [-0.4, -0.2) is 20.2 Å². The van der Waals surface area contributed by atoms with Crippen molar-refractivity contribution in [1.82, 2.24) is 4.73 Å². The molecule has 0 amide bonds. The van der Waals surface area contributed by atoms with Crippen molar-refractivity contribution in [3.8, 4) is 0 Å². The highest BCUT2D eigenvalue weighted by molar-refractivity contribution is 6.24. The van der Waals surface area contributed by atoms with Gasteiger partial charge in [0.1, 0.15) is 0 Å². The van der Waals surface area contributed by atoms with E-state index in [1.807, 2.05) is 10.8 Å². The molecule has 1 unspecified atom stereocenters. The standard InChI is InChI=1S/C7H14NO2Si/c1-5-6(2)7(3,4)8-9-10-11-8/h5-6,11H,1H2,2-4H3. The Bertz CT molecular complexity index is 157.